The molecule has 2 atom stereocenters. The lowest BCUT2D eigenvalue weighted by atomic mass is 9.89. The zero-order chi connectivity index (χ0) is 30.2. The fourth-order valence-corrected chi connectivity index (χ4v) is 10.9. The minimum Gasteiger partial charge on any atom is -0.416 e. The van der Waals surface area contributed by atoms with E-state index in [1.54, 1.807) is 0 Å². The van der Waals surface area contributed by atoms with Crippen LogP contribution in [0.5, 0.6) is 0 Å². The van der Waals surface area contributed by atoms with Crippen LogP contribution in [0.4, 0.5) is 0 Å². The van der Waals surface area contributed by atoms with Crippen molar-refractivity contribution in [3.8, 4) is 0 Å². The molecule has 0 unspecified atom stereocenters. The maximum Gasteiger partial charge on any atom is 0.261 e. The summed E-state index contributed by atoms with van der Waals surface area (Å²) in [6, 6.07) is 21.4. The topological polar surface area (TPSA) is 38.8 Å². The zero-order valence-corrected chi connectivity index (χ0v) is 28.9. The van der Waals surface area contributed by atoms with Gasteiger partial charge >= 0.3 is 0 Å². The minimum atomic E-state index is -2.69. The molecule has 1 amide bonds. The number of carbonyl (C=O) groups excluding carboxylic acids is 1. The molecule has 0 saturated carbocycles. The van der Waals surface area contributed by atoms with E-state index in [4.69, 9.17) is 8.85 Å². The SMILES string of the molecule is C=C[C@@H](CO[Si](C)(C)C(C)(C)C)[C@@H](CCO[Si](c1ccccc1)(c1ccccc1)C(C)(C)C)C(=O)N(CC)CC. The second kappa shape index (κ2) is 14.3. The van der Waals surface area contributed by atoms with E-state index in [0.29, 0.717) is 32.7 Å². The highest BCUT2D eigenvalue weighted by Crippen LogP contribution is 2.39. The standard InChI is InChI=1S/C34H55NO3Si2/c1-12-28(27-38-39(10,11)33(4,5)6)31(32(36)35(13-2)14-3)25-26-37-40(34(7,8)9,29-21-17-15-18-22-29)30-23-19-16-20-24-30/h12,15-24,28,31H,1,13-14,25-27H2,2-11H3/t28-,31+/m0/s1. The van der Waals surface area contributed by atoms with Gasteiger partial charge in [-0.25, -0.2) is 0 Å². The molecule has 0 N–H and O–H groups in total. The summed E-state index contributed by atoms with van der Waals surface area (Å²) in [6.45, 7) is 28.8. The average Bonchev–Trinajstić information content (AvgIpc) is 2.90. The monoisotopic (exact) mass is 581 g/mol. The van der Waals surface area contributed by atoms with Crippen LogP contribution in [0.1, 0.15) is 61.8 Å². The van der Waals surface area contributed by atoms with Gasteiger partial charge in [0.25, 0.3) is 8.32 Å². The Morgan fingerprint density at radius 3 is 1.70 bits per heavy atom. The van der Waals surface area contributed by atoms with Crippen LogP contribution in [0, 0.1) is 11.8 Å². The number of hydrogen-bond donors (Lipinski definition) is 0. The Labute approximate surface area is 247 Å². The summed E-state index contributed by atoms with van der Waals surface area (Å²) in [5, 5.41) is 2.49. The van der Waals surface area contributed by atoms with Crippen molar-refractivity contribution in [2.45, 2.75) is 85.0 Å². The first kappa shape index (κ1) is 34.2. The van der Waals surface area contributed by atoms with Gasteiger partial charge in [-0.05, 0) is 53.8 Å². The first-order chi connectivity index (χ1) is 18.7. The van der Waals surface area contributed by atoms with Gasteiger partial charge in [0.1, 0.15) is 0 Å². The fourth-order valence-electron chi connectivity index (χ4n) is 5.26. The van der Waals surface area contributed by atoms with Gasteiger partial charge in [0.05, 0.1) is 0 Å². The van der Waals surface area contributed by atoms with Crippen molar-refractivity contribution >= 4 is 32.9 Å². The van der Waals surface area contributed by atoms with Gasteiger partial charge in [0, 0.05) is 38.1 Å². The van der Waals surface area contributed by atoms with Crippen LogP contribution in [0.25, 0.3) is 0 Å². The lowest BCUT2D eigenvalue weighted by molar-refractivity contribution is -0.137. The third-order valence-electron chi connectivity index (χ3n) is 8.82. The summed E-state index contributed by atoms with van der Waals surface area (Å²) in [7, 11) is -4.67. The van der Waals surface area contributed by atoms with Gasteiger partial charge in [-0.15, -0.1) is 6.58 Å². The van der Waals surface area contributed by atoms with E-state index in [2.05, 4.69) is 122 Å². The second-order valence-corrected chi connectivity index (χ2v) is 22.5. The quantitative estimate of drug-likeness (QED) is 0.174. The molecule has 6 heteroatoms. The Balaban J connectivity index is 2.46. The highest BCUT2D eigenvalue weighted by Gasteiger charge is 2.50. The molecule has 2 aromatic rings. The molecular weight excluding hydrogens is 527 g/mol. The Kier molecular flexibility index (Phi) is 12.2. The van der Waals surface area contributed by atoms with Crippen molar-refractivity contribution in [2.75, 3.05) is 26.3 Å². The molecule has 0 radical (unpaired) electrons. The van der Waals surface area contributed by atoms with Crippen molar-refractivity contribution in [1.29, 1.82) is 0 Å². The highest BCUT2D eigenvalue weighted by molar-refractivity contribution is 6.99. The summed E-state index contributed by atoms with van der Waals surface area (Å²) in [5.74, 6) is -0.162. The Morgan fingerprint density at radius 1 is 0.850 bits per heavy atom. The maximum atomic E-state index is 13.9. The van der Waals surface area contributed by atoms with E-state index in [0.717, 1.165) is 0 Å². The van der Waals surface area contributed by atoms with Crippen molar-refractivity contribution in [3.63, 3.8) is 0 Å². The van der Waals surface area contributed by atoms with E-state index in [1.165, 1.54) is 10.4 Å². The molecule has 0 saturated heterocycles. The lowest BCUT2D eigenvalue weighted by Gasteiger charge is -2.43. The summed E-state index contributed by atoms with van der Waals surface area (Å²) in [5.41, 5.74) is 0. The number of benzene rings is 2. The molecule has 2 aromatic carbocycles. The van der Waals surface area contributed by atoms with Crippen LogP contribution in [0.2, 0.25) is 23.2 Å². The Hall–Kier alpha value is -2.00. The van der Waals surface area contributed by atoms with E-state index in [-0.39, 0.29) is 27.8 Å². The predicted molar refractivity (Wildman–Crippen MR) is 176 cm³/mol. The number of rotatable bonds is 14. The largest absolute Gasteiger partial charge is 0.416 e. The fraction of sp³-hybridized carbons (Fsp3) is 0.559. The van der Waals surface area contributed by atoms with E-state index >= 15 is 0 Å². The molecule has 0 heterocycles. The van der Waals surface area contributed by atoms with Crippen LogP contribution in [0.15, 0.2) is 73.3 Å². The number of hydrogen-bond acceptors (Lipinski definition) is 3. The van der Waals surface area contributed by atoms with Crippen LogP contribution in [-0.4, -0.2) is 53.7 Å². The molecule has 0 aromatic heterocycles. The second-order valence-electron chi connectivity index (χ2n) is 13.4. The molecule has 0 bridgehead atoms. The number of carbonyl (C=O) groups is 1. The molecule has 0 aliphatic rings. The zero-order valence-electron chi connectivity index (χ0n) is 26.9. The summed E-state index contributed by atoms with van der Waals surface area (Å²) in [6.07, 6.45) is 2.55. The van der Waals surface area contributed by atoms with Gasteiger partial charge < -0.3 is 13.8 Å². The molecule has 40 heavy (non-hydrogen) atoms. The maximum absolute atomic E-state index is 13.9. The first-order valence-electron chi connectivity index (χ1n) is 15.0. The van der Waals surface area contributed by atoms with Crippen molar-refractivity contribution in [3.05, 3.63) is 73.3 Å². The average molecular weight is 582 g/mol. The normalized spacial score (nSPS) is 14.4. The van der Waals surface area contributed by atoms with Gasteiger partial charge in [0.2, 0.25) is 5.91 Å². The molecule has 0 aliphatic carbocycles. The van der Waals surface area contributed by atoms with E-state index in [9.17, 15) is 4.79 Å². The number of nitrogens with zero attached hydrogens (tertiary/aromatic N) is 1. The summed E-state index contributed by atoms with van der Waals surface area (Å²) in [4.78, 5) is 15.9. The molecule has 222 valence electrons. The van der Waals surface area contributed by atoms with Gasteiger partial charge in [0.15, 0.2) is 8.32 Å². The molecule has 0 fully saturated rings. The minimum absolute atomic E-state index is 0.0787. The van der Waals surface area contributed by atoms with E-state index in [1.807, 2.05) is 24.8 Å². The van der Waals surface area contributed by atoms with Crippen LogP contribution >= 0.6 is 0 Å². The van der Waals surface area contributed by atoms with Gasteiger partial charge in [-0.3, -0.25) is 4.79 Å². The molecule has 2 rings (SSSR count). The van der Waals surface area contributed by atoms with Gasteiger partial charge in [-0.2, -0.15) is 0 Å². The Bertz CT molecular complexity index is 1010. The van der Waals surface area contributed by atoms with Crippen LogP contribution in [-0.2, 0) is 13.6 Å². The van der Waals surface area contributed by atoms with Crippen LogP contribution < -0.4 is 10.4 Å². The van der Waals surface area contributed by atoms with Crippen molar-refractivity contribution in [2.24, 2.45) is 11.8 Å². The van der Waals surface area contributed by atoms with Crippen molar-refractivity contribution in [1.82, 2.24) is 4.90 Å². The third kappa shape index (κ3) is 7.84. The summed E-state index contributed by atoms with van der Waals surface area (Å²) >= 11 is 0. The smallest absolute Gasteiger partial charge is 0.261 e. The third-order valence-corrected chi connectivity index (χ3v) is 18.4. The first-order valence-corrected chi connectivity index (χ1v) is 19.8. The predicted octanol–water partition coefficient (Wildman–Crippen LogP) is 7.26. The Morgan fingerprint density at radius 2 is 1.32 bits per heavy atom. The summed E-state index contributed by atoms with van der Waals surface area (Å²) < 4.78 is 13.8. The lowest BCUT2D eigenvalue weighted by Crippen LogP contribution is -2.66. The van der Waals surface area contributed by atoms with E-state index < -0.39 is 16.6 Å². The molecule has 0 spiro atoms. The van der Waals surface area contributed by atoms with Crippen molar-refractivity contribution < 1.29 is 13.6 Å². The molecule has 4 nitrogen and oxygen atoms in total. The molecule has 0 aliphatic heterocycles. The molecular formula is C34H55NO3Si2. The van der Waals surface area contributed by atoms with Gasteiger partial charge in [-0.1, -0.05) is 108 Å². The number of amides is 1. The highest BCUT2D eigenvalue weighted by atomic mass is 28.4. The van der Waals surface area contributed by atoms with Crippen LogP contribution in [0.3, 0.4) is 0 Å².